The van der Waals surface area contributed by atoms with Gasteiger partial charge in [-0.05, 0) is 24.3 Å². The molecular weight excluding hydrogens is 262 g/mol. The van der Waals surface area contributed by atoms with E-state index in [0.29, 0.717) is 6.29 Å². The van der Waals surface area contributed by atoms with E-state index in [2.05, 4.69) is 4.99 Å². The molecular formula is C14H11NO5. The van der Waals surface area contributed by atoms with Crippen molar-refractivity contribution in [3.05, 3.63) is 41.5 Å². The van der Waals surface area contributed by atoms with Gasteiger partial charge in [-0.2, -0.15) is 0 Å². The first kappa shape index (κ1) is 13.4. The topological polar surface area (TPSA) is 110 Å². The van der Waals surface area contributed by atoms with Crippen LogP contribution in [0.4, 0.5) is 5.69 Å². The van der Waals surface area contributed by atoms with Gasteiger partial charge in [-0.1, -0.05) is 0 Å². The minimum absolute atomic E-state index is 0.00149. The van der Waals surface area contributed by atoms with Gasteiger partial charge in [-0.15, -0.1) is 0 Å². The van der Waals surface area contributed by atoms with Crippen LogP contribution in [0.5, 0.6) is 23.0 Å². The fourth-order valence-electron chi connectivity index (χ4n) is 1.64. The van der Waals surface area contributed by atoms with Crippen molar-refractivity contribution in [1.82, 2.24) is 0 Å². The molecule has 6 heteroatoms. The van der Waals surface area contributed by atoms with Crippen LogP contribution in [-0.2, 0) is 0 Å². The third-order valence-electron chi connectivity index (χ3n) is 2.57. The fourth-order valence-corrected chi connectivity index (χ4v) is 1.64. The van der Waals surface area contributed by atoms with Gasteiger partial charge in [0, 0.05) is 23.4 Å². The summed E-state index contributed by atoms with van der Waals surface area (Å²) in [5.41, 5.74) is 0.174. The number of hydrogen-bond acceptors (Lipinski definition) is 6. The Morgan fingerprint density at radius 3 is 2.25 bits per heavy atom. The third kappa shape index (κ3) is 2.69. The minimum Gasteiger partial charge on any atom is -0.508 e. The summed E-state index contributed by atoms with van der Waals surface area (Å²) in [6, 6.07) is 6.07. The lowest BCUT2D eigenvalue weighted by atomic mass is 10.1. The number of nitrogens with zero attached hydrogens (tertiary/aromatic N) is 1. The van der Waals surface area contributed by atoms with Crippen molar-refractivity contribution in [1.29, 1.82) is 0 Å². The molecule has 2 aromatic rings. The highest BCUT2D eigenvalue weighted by molar-refractivity contribution is 5.92. The molecule has 0 saturated carbocycles. The molecule has 0 radical (unpaired) electrons. The van der Waals surface area contributed by atoms with Gasteiger partial charge in [-0.3, -0.25) is 9.79 Å². The number of phenolic OH excluding ortho intramolecular Hbond substituents is 4. The van der Waals surface area contributed by atoms with Gasteiger partial charge in [-0.25, -0.2) is 0 Å². The van der Waals surface area contributed by atoms with E-state index in [4.69, 9.17) is 0 Å². The van der Waals surface area contributed by atoms with Crippen molar-refractivity contribution in [2.75, 3.05) is 0 Å². The number of hydrogen-bond donors (Lipinski definition) is 4. The number of phenols is 4. The van der Waals surface area contributed by atoms with E-state index in [0.717, 1.165) is 12.1 Å². The number of aliphatic imine (C=N–C) groups is 1. The zero-order chi connectivity index (χ0) is 14.7. The molecule has 0 saturated heterocycles. The normalized spacial score (nSPS) is 10.8. The SMILES string of the molecule is O=Cc1cc(O)cc(O)c1N=Cc1cc(O)ccc1O. The molecule has 0 aliphatic heterocycles. The Morgan fingerprint density at radius 2 is 1.55 bits per heavy atom. The molecule has 0 spiro atoms. The van der Waals surface area contributed by atoms with Crippen LogP contribution in [0.1, 0.15) is 15.9 Å². The first-order chi connectivity index (χ1) is 9.51. The van der Waals surface area contributed by atoms with Gasteiger partial charge in [0.05, 0.1) is 0 Å². The smallest absolute Gasteiger partial charge is 0.152 e. The summed E-state index contributed by atoms with van der Waals surface area (Å²) in [5.74, 6) is -0.806. The van der Waals surface area contributed by atoms with Crippen molar-refractivity contribution >= 4 is 18.2 Å². The van der Waals surface area contributed by atoms with Crippen LogP contribution in [0.15, 0.2) is 35.3 Å². The average molecular weight is 273 g/mol. The molecule has 0 unspecified atom stereocenters. The highest BCUT2D eigenvalue weighted by Gasteiger charge is 2.09. The van der Waals surface area contributed by atoms with Gasteiger partial charge >= 0.3 is 0 Å². The van der Waals surface area contributed by atoms with Crippen LogP contribution >= 0.6 is 0 Å². The Bertz CT molecular complexity index is 694. The average Bonchev–Trinajstić information content (AvgIpc) is 2.40. The summed E-state index contributed by atoms with van der Waals surface area (Å²) in [5, 5.41) is 37.8. The molecule has 0 atom stereocenters. The lowest BCUT2D eigenvalue weighted by molar-refractivity contribution is 0.112. The maximum Gasteiger partial charge on any atom is 0.152 e. The van der Waals surface area contributed by atoms with Crippen LogP contribution in [0.25, 0.3) is 0 Å². The van der Waals surface area contributed by atoms with Crippen LogP contribution < -0.4 is 0 Å². The molecule has 0 aromatic heterocycles. The monoisotopic (exact) mass is 273 g/mol. The number of aldehydes is 1. The summed E-state index contributed by atoms with van der Waals surface area (Å²) < 4.78 is 0. The maximum absolute atomic E-state index is 10.9. The minimum atomic E-state index is -0.372. The molecule has 4 N–H and O–H groups in total. The Kier molecular flexibility index (Phi) is 3.56. The van der Waals surface area contributed by atoms with E-state index in [1.165, 1.54) is 24.4 Å². The highest BCUT2D eigenvalue weighted by Crippen LogP contribution is 2.34. The van der Waals surface area contributed by atoms with Crippen LogP contribution in [0.2, 0.25) is 0 Å². The largest absolute Gasteiger partial charge is 0.508 e. The standard InChI is InChI=1S/C14H11NO5/c16-7-9-4-11(18)5-13(20)14(9)15-6-8-3-10(17)1-2-12(8)19/h1-7,17-20H. The van der Waals surface area contributed by atoms with Gasteiger partial charge in [0.1, 0.15) is 28.7 Å². The quantitative estimate of drug-likeness (QED) is 0.388. The second-order valence-corrected chi connectivity index (χ2v) is 4.02. The second-order valence-electron chi connectivity index (χ2n) is 4.02. The van der Waals surface area contributed by atoms with Crippen molar-refractivity contribution in [2.24, 2.45) is 4.99 Å². The van der Waals surface area contributed by atoms with Crippen LogP contribution in [0.3, 0.4) is 0 Å². The first-order valence-electron chi connectivity index (χ1n) is 5.58. The van der Waals surface area contributed by atoms with Gasteiger partial charge in [0.2, 0.25) is 0 Å². The summed E-state index contributed by atoms with van der Waals surface area (Å²) in [4.78, 5) is 14.8. The molecule has 0 fully saturated rings. The zero-order valence-corrected chi connectivity index (χ0v) is 10.2. The van der Waals surface area contributed by atoms with Crippen molar-refractivity contribution < 1.29 is 25.2 Å². The van der Waals surface area contributed by atoms with Crippen LogP contribution in [-0.4, -0.2) is 32.9 Å². The molecule has 0 bridgehead atoms. The molecule has 2 rings (SSSR count). The molecule has 2 aromatic carbocycles. The van der Waals surface area contributed by atoms with E-state index in [-0.39, 0.29) is 39.8 Å². The predicted octanol–water partition coefficient (Wildman–Crippen LogP) is 2.07. The number of carbonyl (C=O) groups is 1. The Balaban J connectivity index is 2.46. The summed E-state index contributed by atoms with van der Waals surface area (Å²) in [6.45, 7) is 0. The van der Waals surface area contributed by atoms with E-state index < -0.39 is 0 Å². The van der Waals surface area contributed by atoms with E-state index >= 15 is 0 Å². The number of carbonyl (C=O) groups excluding carboxylic acids is 1. The van der Waals surface area contributed by atoms with E-state index in [1.807, 2.05) is 0 Å². The maximum atomic E-state index is 10.9. The van der Waals surface area contributed by atoms with Gasteiger partial charge in [0.15, 0.2) is 6.29 Å². The Morgan fingerprint density at radius 1 is 0.850 bits per heavy atom. The molecule has 0 aliphatic rings. The van der Waals surface area contributed by atoms with Crippen molar-refractivity contribution in [3.8, 4) is 23.0 Å². The van der Waals surface area contributed by atoms with Gasteiger partial charge in [0.25, 0.3) is 0 Å². The van der Waals surface area contributed by atoms with Crippen molar-refractivity contribution in [2.45, 2.75) is 0 Å². The number of benzene rings is 2. The predicted molar refractivity (Wildman–Crippen MR) is 72.2 cm³/mol. The van der Waals surface area contributed by atoms with Gasteiger partial charge < -0.3 is 20.4 Å². The molecule has 20 heavy (non-hydrogen) atoms. The molecule has 0 heterocycles. The first-order valence-corrected chi connectivity index (χ1v) is 5.58. The molecule has 102 valence electrons. The fraction of sp³-hybridized carbons (Fsp3) is 0. The lowest BCUT2D eigenvalue weighted by Crippen LogP contribution is -1.86. The Labute approximate surface area is 113 Å². The third-order valence-corrected chi connectivity index (χ3v) is 2.57. The van der Waals surface area contributed by atoms with Crippen molar-refractivity contribution in [3.63, 3.8) is 0 Å². The van der Waals surface area contributed by atoms with Crippen LogP contribution in [0, 0.1) is 0 Å². The summed E-state index contributed by atoms with van der Waals surface area (Å²) in [6.07, 6.45) is 1.63. The highest BCUT2D eigenvalue weighted by atomic mass is 16.3. The second kappa shape index (κ2) is 5.31. The number of aromatic hydroxyl groups is 4. The Hall–Kier alpha value is -3.02. The summed E-state index contributed by atoms with van der Waals surface area (Å²) in [7, 11) is 0. The number of rotatable bonds is 3. The molecule has 0 aliphatic carbocycles. The van der Waals surface area contributed by atoms with E-state index in [1.54, 1.807) is 0 Å². The molecule has 0 amide bonds. The molecule has 6 nitrogen and oxygen atoms in total. The zero-order valence-electron chi connectivity index (χ0n) is 10.2. The van der Waals surface area contributed by atoms with E-state index in [9.17, 15) is 25.2 Å². The summed E-state index contributed by atoms with van der Waals surface area (Å²) >= 11 is 0. The lowest BCUT2D eigenvalue weighted by Gasteiger charge is -2.04.